The van der Waals surface area contributed by atoms with E-state index in [4.69, 9.17) is 15.2 Å². The zero-order chi connectivity index (χ0) is 13.0. The van der Waals surface area contributed by atoms with Gasteiger partial charge < -0.3 is 20.1 Å². The Morgan fingerprint density at radius 3 is 2.83 bits per heavy atom. The van der Waals surface area contributed by atoms with Crippen LogP contribution in [-0.2, 0) is 14.3 Å². The number of nitrogens with zero attached hydrogens (tertiary/aromatic N) is 1. The number of carbonyl (C=O) groups is 1. The molecule has 2 aliphatic heterocycles. The third-order valence-electron chi connectivity index (χ3n) is 3.77. The molecule has 104 valence electrons. The Morgan fingerprint density at radius 2 is 2.17 bits per heavy atom. The molecule has 2 saturated heterocycles. The van der Waals surface area contributed by atoms with Gasteiger partial charge in [-0.1, -0.05) is 0 Å². The first-order valence-corrected chi connectivity index (χ1v) is 6.93. The van der Waals surface area contributed by atoms with Gasteiger partial charge in [0.15, 0.2) is 0 Å². The number of ether oxygens (including phenoxy) is 2. The minimum atomic E-state index is -0.0163. The molecule has 2 N–H and O–H groups in total. The predicted molar refractivity (Wildman–Crippen MR) is 68.2 cm³/mol. The molecule has 0 aromatic heterocycles. The van der Waals surface area contributed by atoms with Crippen LogP contribution in [0.25, 0.3) is 0 Å². The second kappa shape index (κ2) is 6.50. The van der Waals surface area contributed by atoms with E-state index in [1.54, 1.807) is 0 Å². The summed E-state index contributed by atoms with van der Waals surface area (Å²) in [5.74, 6) is 0.177. The normalized spacial score (nSPS) is 33.4. The van der Waals surface area contributed by atoms with Crippen LogP contribution in [-0.4, -0.2) is 55.4 Å². The van der Waals surface area contributed by atoms with Gasteiger partial charge in [0, 0.05) is 19.7 Å². The van der Waals surface area contributed by atoms with E-state index in [1.165, 1.54) is 6.42 Å². The van der Waals surface area contributed by atoms with Gasteiger partial charge in [-0.25, -0.2) is 0 Å². The monoisotopic (exact) mass is 256 g/mol. The number of carbonyl (C=O) groups excluding carboxylic acids is 1. The summed E-state index contributed by atoms with van der Waals surface area (Å²) in [7, 11) is 0. The number of rotatable bonds is 3. The molecule has 3 atom stereocenters. The summed E-state index contributed by atoms with van der Waals surface area (Å²) < 4.78 is 11.2. The van der Waals surface area contributed by atoms with Crippen molar-refractivity contribution in [3.8, 4) is 0 Å². The van der Waals surface area contributed by atoms with Gasteiger partial charge in [-0.15, -0.1) is 0 Å². The van der Waals surface area contributed by atoms with Crippen molar-refractivity contribution in [3.05, 3.63) is 0 Å². The highest BCUT2D eigenvalue weighted by atomic mass is 16.5. The summed E-state index contributed by atoms with van der Waals surface area (Å²) >= 11 is 0. The van der Waals surface area contributed by atoms with Crippen molar-refractivity contribution in [2.45, 2.75) is 50.9 Å². The van der Waals surface area contributed by atoms with Crippen LogP contribution in [0.3, 0.4) is 0 Å². The van der Waals surface area contributed by atoms with E-state index in [9.17, 15) is 4.79 Å². The fourth-order valence-corrected chi connectivity index (χ4v) is 2.59. The summed E-state index contributed by atoms with van der Waals surface area (Å²) in [6.45, 7) is 4.48. The molecule has 18 heavy (non-hydrogen) atoms. The second-order valence-corrected chi connectivity index (χ2v) is 5.28. The van der Waals surface area contributed by atoms with Crippen LogP contribution < -0.4 is 5.73 Å². The molecule has 0 aliphatic carbocycles. The molecule has 0 aromatic carbocycles. The number of hydrogen-bond donors (Lipinski definition) is 1. The van der Waals surface area contributed by atoms with Gasteiger partial charge in [-0.3, -0.25) is 4.79 Å². The number of amides is 1. The maximum atomic E-state index is 12.3. The quantitative estimate of drug-likeness (QED) is 0.799. The maximum Gasteiger partial charge on any atom is 0.225 e. The van der Waals surface area contributed by atoms with E-state index in [1.807, 2.05) is 11.8 Å². The Balaban J connectivity index is 1.85. The molecule has 5 heteroatoms. The number of morpholine rings is 1. The van der Waals surface area contributed by atoms with Crippen molar-refractivity contribution in [3.63, 3.8) is 0 Å². The van der Waals surface area contributed by atoms with E-state index < -0.39 is 0 Å². The fraction of sp³-hybridized carbons (Fsp3) is 0.923. The molecule has 0 radical (unpaired) electrons. The first-order chi connectivity index (χ1) is 8.70. The van der Waals surface area contributed by atoms with Gasteiger partial charge in [-0.05, 0) is 26.2 Å². The minimum Gasteiger partial charge on any atom is -0.378 e. The third-order valence-corrected chi connectivity index (χ3v) is 3.77. The van der Waals surface area contributed by atoms with Crippen LogP contribution in [0.5, 0.6) is 0 Å². The molecule has 2 rings (SSSR count). The van der Waals surface area contributed by atoms with Gasteiger partial charge in [0.1, 0.15) is 0 Å². The van der Waals surface area contributed by atoms with Gasteiger partial charge in [0.2, 0.25) is 5.91 Å². The Labute approximate surface area is 109 Å². The summed E-state index contributed by atoms with van der Waals surface area (Å²) in [6, 6.07) is 0.142. The SMILES string of the molecule is CC1COC(CN)CN1C(=O)CC1CCCCO1. The average molecular weight is 256 g/mol. The molecule has 0 aromatic rings. The minimum absolute atomic E-state index is 0.0163. The molecular weight excluding hydrogens is 232 g/mol. The third kappa shape index (κ3) is 3.43. The molecule has 5 nitrogen and oxygen atoms in total. The van der Waals surface area contributed by atoms with Crippen LogP contribution in [0.2, 0.25) is 0 Å². The molecule has 0 bridgehead atoms. The summed E-state index contributed by atoms with van der Waals surface area (Å²) in [4.78, 5) is 14.2. The van der Waals surface area contributed by atoms with Crippen molar-refractivity contribution in [1.29, 1.82) is 0 Å². The van der Waals surface area contributed by atoms with Gasteiger partial charge in [-0.2, -0.15) is 0 Å². The van der Waals surface area contributed by atoms with Crippen molar-refractivity contribution < 1.29 is 14.3 Å². The Kier molecular flexibility index (Phi) is 4.97. The van der Waals surface area contributed by atoms with Gasteiger partial charge in [0.05, 0.1) is 31.3 Å². The van der Waals surface area contributed by atoms with Crippen LogP contribution in [0.4, 0.5) is 0 Å². The highest BCUT2D eigenvalue weighted by Crippen LogP contribution is 2.19. The van der Waals surface area contributed by atoms with Gasteiger partial charge in [0.25, 0.3) is 0 Å². The van der Waals surface area contributed by atoms with E-state index in [0.717, 1.165) is 19.4 Å². The average Bonchev–Trinajstić information content (AvgIpc) is 2.40. The molecule has 0 spiro atoms. The zero-order valence-corrected chi connectivity index (χ0v) is 11.1. The topological polar surface area (TPSA) is 64.8 Å². The first-order valence-electron chi connectivity index (χ1n) is 6.93. The molecule has 2 heterocycles. The van der Waals surface area contributed by atoms with Crippen molar-refractivity contribution in [2.24, 2.45) is 5.73 Å². The summed E-state index contributed by atoms with van der Waals surface area (Å²) in [5.41, 5.74) is 5.61. The Morgan fingerprint density at radius 1 is 1.33 bits per heavy atom. The summed E-state index contributed by atoms with van der Waals surface area (Å²) in [5, 5.41) is 0. The van der Waals surface area contributed by atoms with E-state index in [0.29, 0.717) is 26.1 Å². The molecule has 3 unspecified atom stereocenters. The lowest BCUT2D eigenvalue weighted by atomic mass is 10.0. The molecular formula is C13H24N2O3. The van der Waals surface area contributed by atoms with E-state index in [2.05, 4.69) is 0 Å². The zero-order valence-electron chi connectivity index (χ0n) is 11.1. The highest BCUT2D eigenvalue weighted by molar-refractivity contribution is 5.77. The van der Waals surface area contributed by atoms with E-state index in [-0.39, 0.29) is 24.2 Å². The first kappa shape index (κ1) is 13.8. The fourth-order valence-electron chi connectivity index (χ4n) is 2.59. The summed E-state index contributed by atoms with van der Waals surface area (Å²) in [6.07, 6.45) is 3.89. The maximum absolute atomic E-state index is 12.3. The van der Waals surface area contributed by atoms with Crippen LogP contribution in [0.1, 0.15) is 32.6 Å². The number of nitrogens with two attached hydrogens (primary N) is 1. The van der Waals surface area contributed by atoms with Crippen LogP contribution in [0, 0.1) is 0 Å². The Bertz CT molecular complexity index is 279. The van der Waals surface area contributed by atoms with Crippen molar-refractivity contribution >= 4 is 5.91 Å². The predicted octanol–water partition coefficient (Wildman–Crippen LogP) is 0.520. The van der Waals surface area contributed by atoms with Gasteiger partial charge >= 0.3 is 0 Å². The van der Waals surface area contributed by atoms with Crippen molar-refractivity contribution in [2.75, 3.05) is 26.3 Å². The van der Waals surface area contributed by atoms with Crippen LogP contribution >= 0.6 is 0 Å². The number of hydrogen-bond acceptors (Lipinski definition) is 4. The largest absolute Gasteiger partial charge is 0.378 e. The molecule has 2 fully saturated rings. The van der Waals surface area contributed by atoms with Crippen molar-refractivity contribution in [1.82, 2.24) is 4.90 Å². The highest BCUT2D eigenvalue weighted by Gasteiger charge is 2.30. The van der Waals surface area contributed by atoms with Crippen LogP contribution in [0.15, 0.2) is 0 Å². The second-order valence-electron chi connectivity index (χ2n) is 5.28. The molecule has 0 saturated carbocycles. The lowest BCUT2D eigenvalue weighted by molar-refractivity contribution is -0.147. The smallest absolute Gasteiger partial charge is 0.225 e. The lowest BCUT2D eigenvalue weighted by Crippen LogP contribution is -2.53. The lowest BCUT2D eigenvalue weighted by Gasteiger charge is -2.38. The molecule has 1 amide bonds. The molecule has 2 aliphatic rings. The Hall–Kier alpha value is -0.650. The van der Waals surface area contributed by atoms with E-state index >= 15 is 0 Å². The standard InChI is InChI=1S/C13H24N2O3/c1-10-9-18-12(7-14)8-15(10)13(16)6-11-4-2-3-5-17-11/h10-12H,2-9,14H2,1H3.